The van der Waals surface area contributed by atoms with Crippen molar-refractivity contribution in [1.29, 1.82) is 0 Å². The molecule has 2 N–H and O–H groups in total. The number of nitrogens with one attached hydrogen (secondary N) is 2. The molecule has 1 heterocycles. The van der Waals surface area contributed by atoms with Gasteiger partial charge in [0.15, 0.2) is 0 Å². The van der Waals surface area contributed by atoms with Gasteiger partial charge in [-0.1, -0.05) is 19.0 Å². The Morgan fingerprint density at radius 3 is 2.71 bits per heavy atom. The van der Waals surface area contributed by atoms with Crippen LogP contribution in [0.2, 0.25) is 0 Å². The second-order valence-electron chi connectivity index (χ2n) is 4.18. The zero-order valence-corrected chi connectivity index (χ0v) is 11.2. The average Bonchev–Trinajstić information content (AvgIpc) is 2.61. The SMILES string of the molecule is Cc1cc(CNS(=O)(=O)CCNC(C)C)no1. The first-order chi connectivity index (χ1) is 7.89. The maximum atomic E-state index is 11.6. The number of aromatic nitrogens is 1. The van der Waals surface area contributed by atoms with Crippen LogP contribution in [0.15, 0.2) is 10.6 Å². The summed E-state index contributed by atoms with van der Waals surface area (Å²) in [6.07, 6.45) is 0. The molecule has 0 fully saturated rings. The van der Waals surface area contributed by atoms with E-state index in [1.54, 1.807) is 13.0 Å². The smallest absolute Gasteiger partial charge is 0.213 e. The van der Waals surface area contributed by atoms with Crippen molar-refractivity contribution in [3.63, 3.8) is 0 Å². The molecule has 17 heavy (non-hydrogen) atoms. The van der Waals surface area contributed by atoms with Gasteiger partial charge < -0.3 is 9.84 Å². The third-order valence-electron chi connectivity index (χ3n) is 2.07. The van der Waals surface area contributed by atoms with Crippen molar-refractivity contribution in [2.75, 3.05) is 12.3 Å². The highest BCUT2D eigenvalue weighted by molar-refractivity contribution is 7.89. The molecule has 0 amide bonds. The molecule has 0 aliphatic heterocycles. The van der Waals surface area contributed by atoms with Crippen LogP contribution in [0.3, 0.4) is 0 Å². The number of aryl methyl sites for hydroxylation is 1. The Balaban J connectivity index is 2.34. The van der Waals surface area contributed by atoms with Crippen molar-refractivity contribution in [2.45, 2.75) is 33.4 Å². The van der Waals surface area contributed by atoms with Gasteiger partial charge in [0.05, 0.1) is 18.0 Å². The Labute approximate surface area is 102 Å². The largest absolute Gasteiger partial charge is 0.361 e. The van der Waals surface area contributed by atoms with Crippen LogP contribution in [0, 0.1) is 6.92 Å². The normalized spacial score (nSPS) is 12.2. The van der Waals surface area contributed by atoms with E-state index in [1.165, 1.54) is 0 Å². The van der Waals surface area contributed by atoms with E-state index in [0.29, 0.717) is 18.0 Å². The Kier molecular flexibility index (Phi) is 5.10. The molecule has 98 valence electrons. The van der Waals surface area contributed by atoms with Crippen LogP contribution in [0.4, 0.5) is 0 Å². The predicted molar refractivity (Wildman–Crippen MR) is 65.0 cm³/mol. The molecular weight excluding hydrogens is 242 g/mol. The lowest BCUT2D eigenvalue weighted by molar-refractivity contribution is 0.390. The molecule has 0 aliphatic rings. The second kappa shape index (κ2) is 6.13. The van der Waals surface area contributed by atoms with E-state index < -0.39 is 10.0 Å². The molecule has 0 aromatic carbocycles. The van der Waals surface area contributed by atoms with Gasteiger partial charge in [0.2, 0.25) is 10.0 Å². The van der Waals surface area contributed by atoms with Gasteiger partial charge in [0, 0.05) is 18.7 Å². The number of hydrogen-bond donors (Lipinski definition) is 2. The monoisotopic (exact) mass is 261 g/mol. The maximum absolute atomic E-state index is 11.6. The van der Waals surface area contributed by atoms with E-state index in [9.17, 15) is 8.42 Å². The van der Waals surface area contributed by atoms with E-state index in [-0.39, 0.29) is 18.3 Å². The molecule has 0 spiro atoms. The number of nitrogens with zero attached hydrogens (tertiary/aromatic N) is 1. The van der Waals surface area contributed by atoms with Gasteiger partial charge in [0.25, 0.3) is 0 Å². The minimum atomic E-state index is -3.26. The number of hydrogen-bond acceptors (Lipinski definition) is 5. The minimum Gasteiger partial charge on any atom is -0.361 e. The molecule has 0 bridgehead atoms. The fourth-order valence-electron chi connectivity index (χ4n) is 1.24. The fourth-order valence-corrected chi connectivity index (χ4v) is 2.14. The van der Waals surface area contributed by atoms with Crippen LogP contribution in [0.1, 0.15) is 25.3 Å². The van der Waals surface area contributed by atoms with Gasteiger partial charge in [0.1, 0.15) is 5.76 Å². The zero-order chi connectivity index (χ0) is 12.9. The molecule has 7 heteroatoms. The highest BCUT2D eigenvalue weighted by Gasteiger charge is 2.11. The Morgan fingerprint density at radius 2 is 2.18 bits per heavy atom. The second-order valence-corrected chi connectivity index (χ2v) is 6.10. The summed E-state index contributed by atoms with van der Waals surface area (Å²) in [7, 11) is -3.26. The number of rotatable bonds is 7. The van der Waals surface area contributed by atoms with Crippen molar-refractivity contribution in [3.05, 3.63) is 17.5 Å². The standard InChI is InChI=1S/C10H19N3O3S/c1-8(2)11-4-5-17(14,15)12-7-10-6-9(3)16-13-10/h6,8,11-12H,4-5,7H2,1-3H3. The first-order valence-electron chi connectivity index (χ1n) is 5.52. The third kappa shape index (κ3) is 5.81. The molecule has 0 radical (unpaired) electrons. The topological polar surface area (TPSA) is 84.2 Å². The van der Waals surface area contributed by atoms with Crippen LogP contribution >= 0.6 is 0 Å². The van der Waals surface area contributed by atoms with Crippen molar-refractivity contribution < 1.29 is 12.9 Å². The Bertz CT molecular complexity index is 439. The highest BCUT2D eigenvalue weighted by Crippen LogP contribution is 2.01. The summed E-state index contributed by atoms with van der Waals surface area (Å²) in [5, 5.41) is 6.76. The summed E-state index contributed by atoms with van der Waals surface area (Å²) in [4.78, 5) is 0. The van der Waals surface area contributed by atoms with E-state index in [1.807, 2.05) is 13.8 Å². The van der Waals surface area contributed by atoms with Gasteiger partial charge in [-0.25, -0.2) is 13.1 Å². The molecule has 0 saturated heterocycles. The van der Waals surface area contributed by atoms with Gasteiger partial charge in [-0.05, 0) is 6.92 Å². The molecule has 1 rings (SSSR count). The molecule has 0 unspecified atom stereocenters. The molecule has 6 nitrogen and oxygen atoms in total. The summed E-state index contributed by atoms with van der Waals surface area (Å²) < 4.78 is 30.5. The molecule has 1 aromatic rings. The van der Waals surface area contributed by atoms with E-state index in [4.69, 9.17) is 4.52 Å². The molecule has 1 aromatic heterocycles. The summed E-state index contributed by atoms with van der Waals surface area (Å²) in [6.45, 7) is 6.31. The zero-order valence-electron chi connectivity index (χ0n) is 10.4. The quantitative estimate of drug-likeness (QED) is 0.742. The Morgan fingerprint density at radius 1 is 1.47 bits per heavy atom. The Hall–Kier alpha value is -0.920. The van der Waals surface area contributed by atoms with Crippen LogP contribution in [-0.4, -0.2) is 31.9 Å². The molecule has 0 aliphatic carbocycles. The lowest BCUT2D eigenvalue weighted by atomic mass is 10.4. The van der Waals surface area contributed by atoms with Crippen LogP contribution < -0.4 is 10.0 Å². The van der Waals surface area contributed by atoms with E-state index in [2.05, 4.69) is 15.2 Å². The fraction of sp³-hybridized carbons (Fsp3) is 0.700. The summed E-state index contributed by atoms with van der Waals surface area (Å²) in [6, 6.07) is 1.98. The van der Waals surface area contributed by atoms with Crippen LogP contribution in [-0.2, 0) is 16.6 Å². The van der Waals surface area contributed by atoms with Crippen molar-refractivity contribution in [3.8, 4) is 0 Å². The maximum Gasteiger partial charge on any atom is 0.213 e. The van der Waals surface area contributed by atoms with Gasteiger partial charge in [-0.3, -0.25) is 0 Å². The van der Waals surface area contributed by atoms with Crippen molar-refractivity contribution in [2.24, 2.45) is 0 Å². The third-order valence-corrected chi connectivity index (χ3v) is 3.40. The summed E-state index contributed by atoms with van der Waals surface area (Å²) >= 11 is 0. The van der Waals surface area contributed by atoms with Gasteiger partial charge in [-0.2, -0.15) is 0 Å². The van der Waals surface area contributed by atoms with E-state index in [0.717, 1.165) is 0 Å². The highest BCUT2D eigenvalue weighted by atomic mass is 32.2. The lowest BCUT2D eigenvalue weighted by Crippen LogP contribution is -2.34. The lowest BCUT2D eigenvalue weighted by Gasteiger charge is -2.08. The van der Waals surface area contributed by atoms with Crippen LogP contribution in [0.25, 0.3) is 0 Å². The predicted octanol–water partition coefficient (Wildman–Crippen LogP) is 0.400. The van der Waals surface area contributed by atoms with Crippen molar-refractivity contribution in [1.82, 2.24) is 15.2 Å². The van der Waals surface area contributed by atoms with E-state index >= 15 is 0 Å². The van der Waals surface area contributed by atoms with Crippen LogP contribution in [0.5, 0.6) is 0 Å². The molecule has 0 saturated carbocycles. The average molecular weight is 261 g/mol. The van der Waals surface area contributed by atoms with Gasteiger partial charge >= 0.3 is 0 Å². The summed E-state index contributed by atoms with van der Waals surface area (Å²) in [5.41, 5.74) is 0.586. The first kappa shape index (κ1) is 14.1. The minimum absolute atomic E-state index is 0.0576. The van der Waals surface area contributed by atoms with Crippen molar-refractivity contribution >= 4 is 10.0 Å². The molecular formula is C10H19N3O3S. The number of sulfonamides is 1. The molecule has 0 atom stereocenters. The first-order valence-corrected chi connectivity index (χ1v) is 7.17. The van der Waals surface area contributed by atoms with Gasteiger partial charge in [-0.15, -0.1) is 0 Å². The summed E-state index contributed by atoms with van der Waals surface area (Å²) in [5.74, 6) is 0.725.